The summed E-state index contributed by atoms with van der Waals surface area (Å²) in [5.41, 5.74) is 0. The molecule has 14 heavy (non-hydrogen) atoms. The van der Waals surface area contributed by atoms with E-state index < -0.39 is 5.79 Å². The van der Waals surface area contributed by atoms with Gasteiger partial charge in [0.15, 0.2) is 12.1 Å². The number of fused-ring (bicyclic) bond motifs is 1. The molecule has 0 aliphatic carbocycles. The molecule has 0 spiro atoms. The summed E-state index contributed by atoms with van der Waals surface area (Å²) in [6.45, 7) is 0.769. The molecular weight excluding hydrogens is 184 g/mol. The van der Waals surface area contributed by atoms with Gasteiger partial charge in [0.25, 0.3) is 0 Å². The molecule has 0 aromatic carbocycles. The fourth-order valence-corrected chi connectivity index (χ4v) is 2.27. The van der Waals surface area contributed by atoms with E-state index in [0.29, 0.717) is 0 Å². The first-order valence-corrected chi connectivity index (χ1v) is 5.18. The average Bonchev–Trinajstić information content (AvgIpc) is 2.28. The fraction of sp³-hybridized carbons (Fsp3) is 1.00. The van der Waals surface area contributed by atoms with Gasteiger partial charge in [0.1, 0.15) is 6.10 Å². The van der Waals surface area contributed by atoms with Crippen molar-refractivity contribution >= 4 is 0 Å². The standard InChI is InChI=1S/C10H18O4/c1-11-9-5-6-10(12-2)8(14-9)4-3-7-13-10/h8-9H,3-7H2,1-2H3/t8-,9-,10-/m0/s1. The molecule has 0 aromatic rings. The van der Waals surface area contributed by atoms with Gasteiger partial charge in [0.05, 0.1) is 6.61 Å². The molecule has 4 heteroatoms. The summed E-state index contributed by atoms with van der Waals surface area (Å²) in [5.74, 6) is -0.507. The highest BCUT2D eigenvalue weighted by molar-refractivity contribution is 4.88. The Morgan fingerprint density at radius 1 is 1.29 bits per heavy atom. The van der Waals surface area contributed by atoms with Gasteiger partial charge in [-0.15, -0.1) is 0 Å². The van der Waals surface area contributed by atoms with Crippen LogP contribution in [-0.2, 0) is 18.9 Å². The van der Waals surface area contributed by atoms with Crippen LogP contribution in [-0.4, -0.2) is 39.0 Å². The lowest BCUT2D eigenvalue weighted by Crippen LogP contribution is -2.55. The smallest absolute Gasteiger partial charge is 0.194 e. The third-order valence-corrected chi connectivity index (χ3v) is 3.10. The molecule has 0 N–H and O–H groups in total. The minimum Gasteiger partial charge on any atom is -0.356 e. The van der Waals surface area contributed by atoms with Gasteiger partial charge in [-0.3, -0.25) is 0 Å². The van der Waals surface area contributed by atoms with Crippen LogP contribution in [0.1, 0.15) is 25.7 Å². The van der Waals surface area contributed by atoms with Crippen molar-refractivity contribution in [2.45, 2.75) is 43.9 Å². The number of ether oxygens (including phenoxy) is 4. The Kier molecular flexibility index (Phi) is 3.07. The molecule has 2 fully saturated rings. The lowest BCUT2D eigenvalue weighted by molar-refractivity contribution is -0.353. The molecule has 2 aliphatic heterocycles. The van der Waals surface area contributed by atoms with Crippen molar-refractivity contribution in [1.82, 2.24) is 0 Å². The lowest BCUT2D eigenvalue weighted by Gasteiger charge is -2.47. The summed E-state index contributed by atoms with van der Waals surface area (Å²) >= 11 is 0. The Morgan fingerprint density at radius 2 is 2.14 bits per heavy atom. The maximum absolute atomic E-state index is 5.76. The first kappa shape index (κ1) is 10.4. The Hall–Kier alpha value is -0.160. The molecule has 82 valence electrons. The van der Waals surface area contributed by atoms with E-state index in [4.69, 9.17) is 18.9 Å². The molecule has 0 saturated carbocycles. The topological polar surface area (TPSA) is 36.9 Å². The first-order chi connectivity index (χ1) is 6.80. The lowest BCUT2D eigenvalue weighted by atomic mass is 9.94. The van der Waals surface area contributed by atoms with Crippen LogP contribution < -0.4 is 0 Å². The monoisotopic (exact) mass is 202 g/mol. The molecule has 0 radical (unpaired) electrons. The number of methoxy groups -OCH3 is 2. The van der Waals surface area contributed by atoms with Crippen molar-refractivity contribution in [3.05, 3.63) is 0 Å². The number of hydrogen-bond acceptors (Lipinski definition) is 4. The van der Waals surface area contributed by atoms with Crippen molar-refractivity contribution in [3.8, 4) is 0 Å². The molecule has 2 saturated heterocycles. The quantitative estimate of drug-likeness (QED) is 0.676. The molecule has 3 atom stereocenters. The van der Waals surface area contributed by atoms with E-state index in [2.05, 4.69) is 0 Å². The third-order valence-electron chi connectivity index (χ3n) is 3.10. The van der Waals surface area contributed by atoms with Crippen molar-refractivity contribution in [1.29, 1.82) is 0 Å². The summed E-state index contributed by atoms with van der Waals surface area (Å²) in [7, 11) is 3.36. The van der Waals surface area contributed by atoms with Gasteiger partial charge in [-0.25, -0.2) is 0 Å². The highest BCUT2D eigenvalue weighted by Gasteiger charge is 2.47. The molecule has 2 rings (SSSR count). The maximum Gasteiger partial charge on any atom is 0.194 e. The second kappa shape index (κ2) is 4.14. The van der Waals surface area contributed by atoms with E-state index in [1.165, 1.54) is 0 Å². The zero-order chi connectivity index (χ0) is 10.0. The molecule has 2 aliphatic rings. The van der Waals surface area contributed by atoms with E-state index in [1.54, 1.807) is 14.2 Å². The minimum absolute atomic E-state index is 0.0277. The second-order valence-electron chi connectivity index (χ2n) is 3.84. The summed E-state index contributed by atoms with van der Waals surface area (Å²) in [6.07, 6.45) is 3.65. The largest absolute Gasteiger partial charge is 0.356 e. The summed E-state index contributed by atoms with van der Waals surface area (Å²) in [6, 6.07) is 0. The summed E-state index contributed by atoms with van der Waals surface area (Å²) < 4.78 is 22.1. The van der Waals surface area contributed by atoms with Crippen LogP contribution in [0.25, 0.3) is 0 Å². The van der Waals surface area contributed by atoms with Crippen molar-refractivity contribution in [2.75, 3.05) is 20.8 Å². The van der Waals surface area contributed by atoms with E-state index >= 15 is 0 Å². The van der Waals surface area contributed by atoms with Gasteiger partial charge in [-0.05, 0) is 12.8 Å². The Balaban J connectivity index is 2.05. The predicted molar refractivity (Wildman–Crippen MR) is 49.8 cm³/mol. The molecule has 2 heterocycles. The third kappa shape index (κ3) is 1.67. The van der Waals surface area contributed by atoms with Gasteiger partial charge < -0.3 is 18.9 Å². The van der Waals surface area contributed by atoms with Crippen molar-refractivity contribution < 1.29 is 18.9 Å². The van der Waals surface area contributed by atoms with Crippen LogP contribution >= 0.6 is 0 Å². The van der Waals surface area contributed by atoms with Crippen molar-refractivity contribution in [2.24, 2.45) is 0 Å². The van der Waals surface area contributed by atoms with Crippen LogP contribution in [0.2, 0.25) is 0 Å². The SMILES string of the molecule is CO[C@@H]1CC[C@]2(OC)OCCC[C@@H]2O1. The van der Waals surface area contributed by atoms with Gasteiger partial charge in [-0.1, -0.05) is 0 Å². The van der Waals surface area contributed by atoms with Gasteiger partial charge >= 0.3 is 0 Å². The van der Waals surface area contributed by atoms with E-state index in [-0.39, 0.29) is 12.4 Å². The Morgan fingerprint density at radius 3 is 2.86 bits per heavy atom. The summed E-state index contributed by atoms with van der Waals surface area (Å²) in [4.78, 5) is 0. The zero-order valence-corrected chi connectivity index (χ0v) is 8.82. The number of hydrogen-bond donors (Lipinski definition) is 0. The zero-order valence-electron chi connectivity index (χ0n) is 8.82. The summed E-state index contributed by atoms with van der Waals surface area (Å²) in [5, 5.41) is 0. The van der Waals surface area contributed by atoms with Crippen LogP contribution in [0.15, 0.2) is 0 Å². The Labute approximate surface area is 84.5 Å². The van der Waals surface area contributed by atoms with Crippen LogP contribution in [0.4, 0.5) is 0 Å². The first-order valence-electron chi connectivity index (χ1n) is 5.18. The molecule has 0 amide bonds. The van der Waals surface area contributed by atoms with Gasteiger partial charge in [0, 0.05) is 27.1 Å². The van der Waals surface area contributed by atoms with E-state index in [9.17, 15) is 0 Å². The Bertz CT molecular complexity index is 197. The molecule has 0 unspecified atom stereocenters. The highest BCUT2D eigenvalue weighted by Crippen LogP contribution is 2.38. The fourth-order valence-electron chi connectivity index (χ4n) is 2.27. The van der Waals surface area contributed by atoms with Crippen LogP contribution in [0.3, 0.4) is 0 Å². The minimum atomic E-state index is -0.507. The van der Waals surface area contributed by atoms with E-state index in [0.717, 1.165) is 32.3 Å². The second-order valence-corrected chi connectivity index (χ2v) is 3.84. The molecule has 0 aromatic heterocycles. The molecule has 4 nitrogen and oxygen atoms in total. The van der Waals surface area contributed by atoms with Gasteiger partial charge in [-0.2, -0.15) is 0 Å². The molecule has 0 bridgehead atoms. The number of rotatable bonds is 2. The highest BCUT2D eigenvalue weighted by atomic mass is 16.7. The van der Waals surface area contributed by atoms with Crippen LogP contribution in [0, 0.1) is 0 Å². The normalized spacial score (nSPS) is 43.3. The molecular formula is C10H18O4. The van der Waals surface area contributed by atoms with E-state index in [1.807, 2.05) is 0 Å². The van der Waals surface area contributed by atoms with Gasteiger partial charge in [0.2, 0.25) is 0 Å². The average molecular weight is 202 g/mol. The van der Waals surface area contributed by atoms with Crippen molar-refractivity contribution in [3.63, 3.8) is 0 Å². The van der Waals surface area contributed by atoms with Crippen LogP contribution in [0.5, 0.6) is 0 Å². The predicted octanol–water partition coefficient (Wildman–Crippen LogP) is 1.29. The maximum atomic E-state index is 5.76.